The van der Waals surface area contributed by atoms with Crippen LogP contribution in [0.1, 0.15) is 17.5 Å². The van der Waals surface area contributed by atoms with Crippen LogP contribution in [0.2, 0.25) is 0 Å². The predicted octanol–water partition coefficient (Wildman–Crippen LogP) is 2.96. The molecule has 0 radical (unpaired) electrons. The van der Waals surface area contributed by atoms with Gasteiger partial charge in [-0.25, -0.2) is 0 Å². The van der Waals surface area contributed by atoms with Crippen LogP contribution in [0.4, 0.5) is 5.69 Å². The molecule has 70 valence electrons. The largest absolute Gasteiger partial charge is 0.374 e. The van der Waals surface area contributed by atoms with Crippen molar-refractivity contribution in [2.45, 2.75) is 18.2 Å². The summed E-state index contributed by atoms with van der Waals surface area (Å²) in [5, 5.41) is 0.962. The quantitative estimate of drug-likeness (QED) is 0.682. The third-order valence-electron chi connectivity index (χ3n) is 2.65. The first kappa shape index (κ1) is 9.07. The molecule has 1 heterocycles. The summed E-state index contributed by atoms with van der Waals surface area (Å²) in [6.45, 7) is 1.20. The van der Waals surface area contributed by atoms with Crippen molar-refractivity contribution < 1.29 is 0 Å². The van der Waals surface area contributed by atoms with Gasteiger partial charge in [0, 0.05) is 24.6 Å². The highest BCUT2D eigenvalue weighted by atomic mass is 79.9. The molecule has 0 amide bonds. The zero-order valence-corrected chi connectivity index (χ0v) is 9.47. The number of hydrogen-bond donors (Lipinski definition) is 0. The van der Waals surface area contributed by atoms with Crippen LogP contribution in [0, 0.1) is 0 Å². The third kappa shape index (κ3) is 1.73. The Morgan fingerprint density at radius 2 is 2.31 bits per heavy atom. The molecule has 1 aromatic rings. The summed E-state index contributed by atoms with van der Waals surface area (Å²) >= 11 is 3.49. The number of halogens is 1. The Morgan fingerprint density at radius 3 is 3.08 bits per heavy atom. The first-order valence-corrected chi connectivity index (χ1v) is 5.82. The zero-order chi connectivity index (χ0) is 9.26. The van der Waals surface area contributed by atoms with E-state index in [9.17, 15) is 0 Å². The molecule has 1 aliphatic rings. The minimum Gasteiger partial charge on any atom is -0.374 e. The van der Waals surface area contributed by atoms with Gasteiger partial charge in [0.15, 0.2) is 0 Å². The summed E-state index contributed by atoms with van der Waals surface area (Å²) in [6, 6.07) is 6.76. The molecular weight excluding hydrogens is 226 g/mol. The van der Waals surface area contributed by atoms with Crippen LogP contribution >= 0.6 is 15.9 Å². The van der Waals surface area contributed by atoms with Crippen LogP contribution < -0.4 is 4.90 Å². The van der Waals surface area contributed by atoms with Gasteiger partial charge in [0.05, 0.1) is 0 Å². The fourth-order valence-electron chi connectivity index (χ4n) is 1.92. The number of rotatable bonds is 1. The monoisotopic (exact) mass is 239 g/mol. The van der Waals surface area contributed by atoms with Crippen molar-refractivity contribution in [1.29, 1.82) is 0 Å². The topological polar surface area (TPSA) is 3.24 Å². The Morgan fingerprint density at radius 1 is 1.46 bits per heavy atom. The SMILES string of the molecule is CN1CCCc2cc(CBr)ccc21. The van der Waals surface area contributed by atoms with Gasteiger partial charge in [-0.05, 0) is 30.0 Å². The van der Waals surface area contributed by atoms with E-state index < -0.39 is 0 Å². The molecule has 0 N–H and O–H groups in total. The van der Waals surface area contributed by atoms with Gasteiger partial charge >= 0.3 is 0 Å². The number of fused-ring (bicyclic) bond motifs is 1. The molecule has 2 rings (SSSR count). The highest BCUT2D eigenvalue weighted by Crippen LogP contribution is 2.27. The lowest BCUT2D eigenvalue weighted by molar-refractivity contribution is 0.743. The lowest BCUT2D eigenvalue weighted by Gasteiger charge is -2.27. The van der Waals surface area contributed by atoms with E-state index in [4.69, 9.17) is 0 Å². The molecule has 1 aromatic carbocycles. The van der Waals surface area contributed by atoms with Gasteiger partial charge in [-0.3, -0.25) is 0 Å². The standard InChI is InChI=1S/C11H14BrN/c1-13-6-2-3-10-7-9(8-12)4-5-11(10)13/h4-5,7H,2-3,6,8H2,1H3. The van der Waals surface area contributed by atoms with E-state index in [-0.39, 0.29) is 0 Å². The van der Waals surface area contributed by atoms with Crippen molar-refractivity contribution in [2.24, 2.45) is 0 Å². The summed E-state index contributed by atoms with van der Waals surface area (Å²) in [7, 11) is 2.17. The third-order valence-corrected chi connectivity index (χ3v) is 3.30. The van der Waals surface area contributed by atoms with Gasteiger partial charge in [0.2, 0.25) is 0 Å². The average molecular weight is 240 g/mol. The fourth-order valence-corrected chi connectivity index (χ4v) is 2.27. The van der Waals surface area contributed by atoms with E-state index in [0.717, 1.165) is 5.33 Å². The van der Waals surface area contributed by atoms with Crippen molar-refractivity contribution in [1.82, 2.24) is 0 Å². The number of alkyl halides is 1. The molecule has 0 fully saturated rings. The molecule has 0 saturated heterocycles. The van der Waals surface area contributed by atoms with Crippen LogP contribution in [0.15, 0.2) is 18.2 Å². The van der Waals surface area contributed by atoms with Crippen molar-refractivity contribution >= 4 is 21.6 Å². The number of benzene rings is 1. The van der Waals surface area contributed by atoms with Crippen molar-refractivity contribution in [3.63, 3.8) is 0 Å². The maximum absolute atomic E-state index is 3.49. The molecule has 0 spiro atoms. The molecule has 0 atom stereocenters. The molecular formula is C11H14BrN. The molecule has 13 heavy (non-hydrogen) atoms. The van der Waals surface area contributed by atoms with Crippen LogP contribution in [0.25, 0.3) is 0 Å². The van der Waals surface area contributed by atoms with E-state index >= 15 is 0 Å². The average Bonchev–Trinajstić information content (AvgIpc) is 2.18. The van der Waals surface area contributed by atoms with Gasteiger partial charge in [-0.15, -0.1) is 0 Å². The Kier molecular flexibility index (Phi) is 2.58. The maximum atomic E-state index is 3.49. The van der Waals surface area contributed by atoms with Gasteiger partial charge in [0.25, 0.3) is 0 Å². The predicted molar refractivity (Wildman–Crippen MR) is 60.7 cm³/mol. The summed E-state index contributed by atoms with van der Waals surface area (Å²) < 4.78 is 0. The van der Waals surface area contributed by atoms with Crippen molar-refractivity contribution in [3.05, 3.63) is 29.3 Å². The Balaban J connectivity index is 2.39. The second-order valence-electron chi connectivity index (χ2n) is 3.62. The Bertz CT molecular complexity index is 309. The molecule has 0 unspecified atom stereocenters. The summed E-state index contributed by atoms with van der Waals surface area (Å²) in [6.07, 6.45) is 2.52. The van der Waals surface area contributed by atoms with E-state index in [1.54, 1.807) is 0 Å². The highest BCUT2D eigenvalue weighted by Gasteiger charge is 2.12. The van der Waals surface area contributed by atoms with Gasteiger partial charge in [-0.2, -0.15) is 0 Å². The lowest BCUT2D eigenvalue weighted by atomic mass is 10.0. The van der Waals surface area contributed by atoms with E-state index in [0.29, 0.717) is 0 Å². The van der Waals surface area contributed by atoms with Crippen molar-refractivity contribution in [2.75, 3.05) is 18.5 Å². The number of anilines is 1. The van der Waals surface area contributed by atoms with Gasteiger partial charge in [0.1, 0.15) is 0 Å². The van der Waals surface area contributed by atoms with Crippen LogP contribution in [0.3, 0.4) is 0 Å². The number of aryl methyl sites for hydroxylation is 1. The molecule has 0 bridgehead atoms. The maximum Gasteiger partial charge on any atom is 0.0396 e. The van der Waals surface area contributed by atoms with Crippen LogP contribution in [0.5, 0.6) is 0 Å². The van der Waals surface area contributed by atoms with Gasteiger partial charge in [-0.1, -0.05) is 28.1 Å². The summed E-state index contributed by atoms with van der Waals surface area (Å²) in [5.41, 5.74) is 4.30. The highest BCUT2D eigenvalue weighted by molar-refractivity contribution is 9.08. The van der Waals surface area contributed by atoms with Crippen molar-refractivity contribution in [3.8, 4) is 0 Å². The van der Waals surface area contributed by atoms with Crippen LogP contribution in [-0.4, -0.2) is 13.6 Å². The Hall–Kier alpha value is -0.500. The first-order valence-electron chi connectivity index (χ1n) is 4.70. The van der Waals surface area contributed by atoms with E-state index in [2.05, 4.69) is 46.1 Å². The van der Waals surface area contributed by atoms with Gasteiger partial charge < -0.3 is 4.90 Å². The first-order chi connectivity index (χ1) is 6.31. The molecule has 0 aliphatic carbocycles. The van der Waals surface area contributed by atoms with E-state index in [1.807, 2.05) is 0 Å². The summed E-state index contributed by atoms with van der Waals surface area (Å²) in [5.74, 6) is 0. The second kappa shape index (κ2) is 3.70. The molecule has 2 heteroatoms. The molecule has 1 aliphatic heterocycles. The fraction of sp³-hybridized carbons (Fsp3) is 0.455. The smallest absolute Gasteiger partial charge is 0.0396 e. The zero-order valence-electron chi connectivity index (χ0n) is 7.89. The molecule has 0 aromatic heterocycles. The minimum atomic E-state index is 0.962. The lowest BCUT2D eigenvalue weighted by Crippen LogP contribution is -2.24. The second-order valence-corrected chi connectivity index (χ2v) is 4.18. The number of nitrogens with zero attached hydrogens (tertiary/aromatic N) is 1. The normalized spacial score (nSPS) is 15.7. The minimum absolute atomic E-state index is 0.962. The number of hydrogen-bond acceptors (Lipinski definition) is 1. The van der Waals surface area contributed by atoms with E-state index in [1.165, 1.54) is 36.2 Å². The van der Waals surface area contributed by atoms with Crippen LogP contribution in [-0.2, 0) is 11.8 Å². The summed E-state index contributed by atoms with van der Waals surface area (Å²) in [4.78, 5) is 2.34. The molecule has 0 saturated carbocycles. The molecule has 1 nitrogen and oxygen atoms in total. The Labute approximate surface area is 87.9 Å².